The summed E-state index contributed by atoms with van der Waals surface area (Å²) in [6.07, 6.45) is 5.02. The standard InChI is InChI=1S/C41H51N3O8/c1-2-50-38(47)19-13-29-51-34-20-21-36-35(30-34)40(48)44(26-10-9-18-37(45)46)41(49)43(36)25-12-11-24-42-27-22-33(23-28-42)52-39(31-14-5-3-6-15-31)32-16-7-4-8-17-32/h3-8,14-17,20-21,30,33,39H,2,9-13,18-19,22-29H2,1H3,(H,45,46). The zero-order chi connectivity index (χ0) is 36.7. The molecule has 3 aromatic carbocycles. The minimum absolute atomic E-state index is 0.0235. The van der Waals surface area contributed by atoms with Gasteiger partial charge in [-0.25, -0.2) is 4.79 Å². The molecular formula is C41H51N3O8. The normalized spacial score (nSPS) is 13.8. The van der Waals surface area contributed by atoms with Crippen molar-refractivity contribution in [3.05, 3.63) is 111 Å². The maximum Gasteiger partial charge on any atom is 0.331 e. The van der Waals surface area contributed by atoms with Gasteiger partial charge in [0, 0.05) is 39.0 Å². The summed E-state index contributed by atoms with van der Waals surface area (Å²) >= 11 is 0. The van der Waals surface area contributed by atoms with Crippen LogP contribution in [-0.2, 0) is 32.2 Å². The Balaban J connectivity index is 1.19. The number of aryl methyl sites for hydroxylation is 1. The van der Waals surface area contributed by atoms with Crippen LogP contribution < -0.4 is 16.0 Å². The van der Waals surface area contributed by atoms with E-state index in [1.807, 2.05) is 12.1 Å². The number of nitrogens with zero attached hydrogens (tertiary/aromatic N) is 3. The number of aliphatic carboxylic acids is 1. The van der Waals surface area contributed by atoms with Crippen molar-refractivity contribution < 1.29 is 28.9 Å². The summed E-state index contributed by atoms with van der Waals surface area (Å²) in [7, 11) is 0. The van der Waals surface area contributed by atoms with Gasteiger partial charge in [0.2, 0.25) is 0 Å². The molecule has 0 amide bonds. The van der Waals surface area contributed by atoms with E-state index in [4.69, 9.17) is 19.3 Å². The fourth-order valence-corrected chi connectivity index (χ4v) is 6.76. The Kier molecular flexibility index (Phi) is 14.6. The molecule has 11 heteroatoms. The third-order valence-electron chi connectivity index (χ3n) is 9.49. The van der Waals surface area contributed by atoms with Crippen LogP contribution in [-0.4, -0.2) is 70.0 Å². The highest BCUT2D eigenvalue weighted by molar-refractivity contribution is 5.79. The zero-order valence-corrected chi connectivity index (χ0v) is 30.1. The Labute approximate surface area is 304 Å². The molecule has 0 atom stereocenters. The summed E-state index contributed by atoms with van der Waals surface area (Å²) in [5.41, 5.74) is 2.04. The summed E-state index contributed by atoms with van der Waals surface area (Å²) in [5.74, 6) is -0.718. The first kappa shape index (κ1) is 38.5. The number of fused-ring (bicyclic) bond motifs is 1. The van der Waals surface area contributed by atoms with E-state index in [2.05, 4.69) is 53.4 Å². The van der Waals surface area contributed by atoms with Crippen molar-refractivity contribution in [2.75, 3.05) is 32.8 Å². The lowest BCUT2D eigenvalue weighted by Crippen LogP contribution is -2.40. The molecule has 5 rings (SSSR count). The van der Waals surface area contributed by atoms with Gasteiger partial charge in [0.25, 0.3) is 5.56 Å². The van der Waals surface area contributed by atoms with Gasteiger partial charge in [-0.2, -0.15) is 0 Å². The summed E-state index contributed by atoms with van der Waals surface area (Å²) in [4.78, 5) is 52.4. The lowest BCUT2D eigenvalue weighted by atomic mass is 10.00. The first-order valence-electron chi connectivity index (χ1n) is 18.6. The number of hydrogen-bond acceptors (Lipinski definition) is 8. The average molecular weight is 714 g/mol. The molecule has 1 N–H and O–H groups in total. The molecule has 0 unspecified atom stereocenters. The van der Waals surface area contributed by atoms with Crippen LogP contribution in [0.5, 0.6) is 5.75 Å². The van der Waals surface area contributed by atoms with Crippen molar-refractivity contribution in [3.8, 4) is 5.75 Å². The topological polar surface area (TPSA) is 129 Å². The molecule has 1 saturated heterocycles. The molecule has 0 saturated carbocycles. The van der Waals surface area contributed by atoms with Crippen molar-refractivity contribution in [1.29, 1.82) is 0 Å². The van der Waals surface area contributed by atoms with E-state index in [9.17, 15) is 19.2 Å². The number of carbonyl (C=O) groups excluding carboxylic acids is 1. The van der Waals surface area contributed by atoms with Gasteiger partial charge in [-0.3, -0.25) is 23.5 Å². The number of carbonyl (C=O) groups is 2. The lowest BCUT2D eigenvalue weighted by Gasteiger charge is -2.34. The van der Waals surface area contributed by atoms with Gasteiger partial charge in [0.15, 0.2) is 0 Å². The van der Waals surface area contributed by atoms with Crippen molar-refractivity contribution in [3.63, 3.8) is 0 Å². The quantitative estimate of drug-likeness (QED) is 0.0842. The first-order chi connectivity index (χ1) is 25.3. The number of carboxylic acid groups (broad SMARTS) is 1. The smallest absolute Gasteiger partial charge is 0.331 e. The number of esters is 1. The van der Waals surface area contributed by atoms with Crippen molar-refractivity contribution >= 4 is 22.8 Å². The molecule has 1 aliphatic rings. The van der Waals surface area contributed by atoms with Crippen LogP contribution in [0.2, 0.25) is 0 Å². The molecule has 0 aliphatic carbocycles. The molecule has 0 bridgehead atoms. The summed E-state index contributed by atoms with van der Waals surface area (Å²) in [6, 6.07) is 25.9. The van der Waals surface area contributed by atoms with Crippen LogP contribution in [0.15, 0.2) is 88.5 Å². The average Bonchev–Trinajstić information content (AvgIpc) is 3.16. The van der Waals surface area contributed by atoms with Gasteiger partial charge in [0.05, 0.1) is 30.2 Å². The highest BCUT2D eigenvalue weighted by Crippen LogP contribution is 2.30. The van der Waals surface area contributed by atoms with Crippen LogP contribution in [0, 0.1) is 0 Å². The molecule has 0 spiro atoms. The van der Waals surface area contributed by atoms with E-state index < -0.39 is 11.5 Å². The highest BCUT2D eigenvalue weighted by Gasteiger charge is 2.25. The van der Waals surface area contributed by atoms with Gasteiger partial charge >= 0.3 is 17.6 Å². The number of unbranched alkanes of at least 4 members (excludes halogenated alkanes) is 2. The van der Waals surface area contributed by atoms with E-state index in [1.54, 1.807) is 29.7 Å². The van der Waals surface area contributed by atoms with Gasteiger partial charge in [-0.1, -0.05) is 60.7 Å². The minimum atomic E-state index is -0.909. The molecular weight excluding hydrogens is 662 g/mol. The van der Waals surface area contributed by atoms with Crippen LogP contribution in [0.4, 0.5) is 0 Å². The Bertz CT molecular complexity index is 1810. The second-order valence-electron chi connectivity index (χ2n) is 13.3. The zero-order valence-electron chi connectivity index (χ0n) is 30.1. The molecule has 11 nitrogen and oxygen atoms in total. The third kappa shape index (κ3) is 10.9. The monoisotopic (exact) mass is 713 g/mol. The SMILES string of the molecule is CCOC(=O)CCCOc1ccc2c(c1)c(=O)n(CCCCC(=O)O)c(=O)n2CCCCN1CCC(OC(c2ccccc2)c2ccccc2)CC1. The molecule has 1 aromatic heterocycles. The molecule has 0 radical (unpaired) electrons. The fraction of sp³-hybridized carbons (Fsp3) is 0.463. The van der Waals surface area contributed by atoms with Crippen LogP contribution in [0.1, 0.15) is 81.9 Å². The fourth-order valence-electron chi connectivity index (χ4n) is 6.76. The number of ether oxygens (including phenoxy) is 3. The summed E-state index contributed by atoms with van der Waals surface area (Å²) in [5, 5.41) is 9.41. The second kappa shape index (κ2) is 19.8. The predicted molar refractivity (Wildman–Crippen MR) is 200 cm³/mol. The maximum absolute atomic E-state index is 13.7. The summed E-state index contributed by atoms with van der Waals surface area (Å²) < 4.78 is 20.4. The van der Waals surface area contributed by atoms with E-state index >= 15 is 0 Å². The Morgan fingerprint density at radius 2 is 1.42 bits per heavy atom. The number of benzene rings is 3. The molecule has 4 aromatic rings. The number of carboxylic acids is 1. The molecule has 52 heavy (non-hydrogen) atoms. The largest absolute Gasteiger partial charge is 0.494 e. The Morgan fingerprint density at radius 3 is 2.08 bits per heavy atom. The molecule has 2 heterocycles. The maximum atomic E-state index is 13.7. The Hall–Kier alpha value is -4.74. The lowest BCUT2D eigenvalue weighted by molar-refractivity contribution is -0.143. The predicted octanol–water partition coefficient (Wildman–Crippen LogP) is 6.19. The summed E-state index contributed by atoms with van der Waals surface area (Å²) in [6.45, 7) is 5.72. The Morgan fingerprint density at radius 1 is 0.788 bits per heavy atom. The second-order valence-corrected chi connectivity index (χ2v) is 13.3. The van der Waals surface area contributed by atoms with Gasteiger partial charge in [-0.05, 0) is 87.7 Å². The van der Waals surface area contributed by atoms with Gasteiger partial charge < -0.3 is 24.2 Å². The number of piperidine rings is 1. The highest BCUT2D eigenvalue weighted by atomic mass is 16.5. The van der Waals surface area contributed by atoms with Gasteiger partial charge in [0.1, 0.15) is 11.9 Å². The first-order valence-corrected chi connectivity index (χ1v) is 18.6. The van der Waals surface area contributed by atoms with Crippen LogP contribution >= 0.6 is 0 Å². The van der Waals surface area contributed by atoms with Crippen molar-refractivity contribution in [1.82, 2.24) is 14.0 Å². The molecule has 278 valence electrons. The van der Waals surface area contributed by atoms with Crippen molar-refractivity contribution in [2.24, 2.45) is 0 Å². The molecule has 1 fully saturated rings. The van der Waals surface area contributed by atoms with E-state index in [0.717, 1.165) is 56.4 Å². The molecule has 1 aliphatic heterocycles. The van der Waals surface area contributed by atoms with Gasteiger partial charge in [-0.15, -0.1) is 0 Å². The minimum Gasteiger partial charge on any atom is -0.494 e. The number of rotatable bonds is 20. The van der Waals surface area contributed by atoms with E-state index in [-0.39, 0.29) is 49.9 Å². The number of hydrogen-bond donors (Lipinski definition) is 1. The number of likely N-dealkylation sites (tertiary alicyclic amines) is 1. The van der Waals surface area contributed by atoms with Crippen LogP contribution in [0.25, 0.3) is 10.9 Å². The van der Waals surface area contributed by atoms with Crippen molar-refractivity contribution in [2.45, 2.75) is 90.0 Å². The van der Waals surface area contributed by atoms with Crippen LogP contribution in [0.3, 0.4) is 0 Å². The van der Waals surface area contributed by atoms with E-state index in [1.165, 1.54) is 4.57 Å². The number of aromatic nitrogens is 2. The third-order valence-corrected chi connectivity index (χ3v) is 9.49. The van der Waals surface area contributed by atoms with E-state index in [0.29, 0.717) is 49.1 Å².